The van der Waals surface area contributed by atoms with Gasteiger partial charge in [-0.25, -0.2) is 9.78 Å². The summed E-state index contributed by atoms with van der Waals surface area (Å²) in [5.41, 5.74) is 5.85. The molecule has 4 rings (SSSR count). The fraction of sp³-hybridized carbons (Fsp3) is 0.353. The number of nitrogens with one attached hydrogen (secondary N) is 3. The molecule has 10 nitrogen and oxygen atoms in total. The molecule has 5 N–H and O–H groups in total. The lowest BCUT2D eigenvalue weighted by Crippen LogP contribution is -2.44. The lowest BCUT2D eigenvalue weighted by Gasteiger charge is -2.19. The third-order valence-electron chi connectivity index (χ3n) is 5.00. The molecule has 0 atom stereocenters. The number of H-pyrrole nitrogens is 1. The van der Waals surface area contributed by atoms with Crippen LogP contribution in [-0.4, -0.2) is 50.7 Å². The Morgan fingerprint density at radius 1 is 1.32 bits per heavy atom. The zero-order chi connectivity index (χ0) is 19.9. The molecule has 1 aliphatic carbocycles. The van der Waals surface area contributed by atoms with E-state index in [1.807, 2.05) is 0 Å². The zero-order valence-electron chi connectivity index (χ0n) is 14.8. The van der Waals surface area contributed by atoms with E-state index in [1.54, 1.807) is 17.6 Å². The number of carbonyl (C=O) groups is 4. The molecule has 1 spiro atoms. The van der Waals surface area contributed by atoms with Crippen LogP contribution >= 0.6 is 11.3 Å². The highest BCUT2D eigenvalue weighted by Crippen LogP contribution is 2.35. The number of aromatic amines is 1. The van der Waals surface area contributed by atoms with E-state index in [1.165, 1.54) is 11.3 Å². The Bertz CT molecular complexity index is 974. The largest absolute Gasteiger partial charge is 0.364 e. The van der Waals surface area contributed by atoms with Crippen molar-refractivity contribution in [3.05, 3.63) is 23.3 Å². The second-order valence-electron chi connectivity index (χ2n) is 6.86. The summed E-state index contributed by atoms with van der Waals surface area (Å²) in [6.07, 6.45) is 4.56. The number of nitrogens with two attached hydrogens (primary N) is 1. The van der Waals surface area contributed by atoms with Crippen molar-refractivity contribution < 1.29 is 19.2 Å². The molecule has 2 aliphatic rings. The lowest BCUT2D eigenvalue weighted by molar-refractivity contribution is -0.133. The Kier molecular flexibility index (Phi) is 4.38. The fourth-order valence-electron chi connectivity index (χ4n) is 3.59. The van der Waals surface area contributed by atoms with Crippen molar-refractivity contribution in [1.29, 1.82) is 0 Å². The van der Waals surface area contributed by atoms with Crippen LogP contribution in [0.25, 0.3) is 11.3 Å². The first-order valence-corrected chi connectivity index (χ1v) is 9.64. The van der Waals surface area contributed by atoms with Crippen molar-refractivity contribution >= 4 is 40.2 Å². The van der Waals surface area contributed by atoms with E-state index >= 15 is 0 Å². The minimum atomic E-state index is -0.835. The van der Waals surface area contributed by atoms with Crippen molar-refractivity contribution in [2.75, 3.05) is 11.9 Å². The minimum Gasteiger partial charge on any atom is -0.364 e. The summed E-state index contributed by atoms with van der Waals surface area (Å²) in [6, 6.07) is 1.03. The summed E-state index contributed by atoms with van der Waals surface area (Å²) in [4.78, 5) is 56.2. The van der Waals surface area contributed by atoms with Gasteiger partial charge in [0.25, 0.3) is 11.8 Å². The number of thiazole rings is 1. The standard InChI is InChI=1S/C17H18N6O4S/c18-13(25)10-5-9(6-19-10)11-8-28-15(20-11)21-12(24)7-23-14(26)17(22-16(23)27)3-1-2-4-17/h5-6,8,19H,1-4,7H2,(H2,18,25)(H,22,27)(H,20,21,24). The molecule has 1 aliphatic heterocycles. The third kappa shape index (κ3) is 3.13. The molecule has 0 unspecified atom stereocenters. The predicted octanol–water partition coefficient (Wildman–Crippen LogP) is 1.04. The number of hydrogen-bond acceptors (Lipinski definition) is 6. The van der Waals surface area contributed by atoms with Gasteiger partial charge in [-0.3, -0.25) is 19.3 Å². The summed E-state index contributed by atoms with van der Waals surface area (Å²) in [6.45, 7) is -0.364. The van der Waals surface area contributed by atoms with E-state index in [0.29, 0.717) is 29.2 Å². The summed E-state index contributed by atoms with van der Waals surface area (Å²) in [5, 5.41) is 7.38. The number of hydrogen-bond donors (Lipinski definition) is 4. The second kappa shape index (κ2) is 6.75. The number of imide groups is 1. The molecule has 0 bridgehead atoms. The maximum Gasteiger partial charge on any atom is 0.325 e. The molecule has 2 aromatic rings. The molecule has 2 fully saturated rings. The van der Waals surface area contributed by atoms with Gasteiger partial charge in [0.1, 0.15) is 17.8 Å². The molecular formula is C17H18N6O4S. The normalized spacial score (nSPS) is 17.9. The first-order valence-electron chi connectivity index (χ1n) is 8.76. The molecule has 1 saturated heterocycles. The highest BCUT2D eigenvalue weighted by atomic mass is 32.1. The Labute approximate surface area is 163 Å². The van der Waals surface area contributed by atoms with Crippen LogP contribution in [0.2, 0.25) is 0 Å². The van der Waals surface area contributed by atoms with Crippen LogP contribution in [0.4, 0.5) is 9.93 Å². The maximum atomic E-state index is 12.6. The Morgan fingerprint density at radius 2 is 2.07 bits per heavy atom. The van der Waals surface area contributed by atoms with Crippen LogP contribution < -0.4 is 16.4 Å². The molecule has 28 heavy (non-hydrogen) atoms. The first-order chi connectivity index (χ1) is 13.4. The van der Waals surface area contributed by atoms with Crippen molar-refractivity contribution in [2.45, 2.75) is 31.2 Å². The summed E-state index contributed by atoms with van der Waals surface area (Å²) < 4.78 is 0. The molecule has 3 heterocycles. The summed E-state index contributed by atoms with van der Waals surface area (Å²) in [5.74, 6) is -1.42. The first kappa shape index (κ1) is 18.2. The van der Waals surface area contributed by atoms with Crippen LogP contribution in [0.15, 0.2) is 17.6 Å². The number of anilines is 1. The Hall–Kier alpha value is -3.21. The molecule has 146 valence electrons. The third-order valence-corrected chi connectivity index (χ3v) is 5.76. The molecule has 1 saturated carbocycles. The van der Waals surface area contributed by atoms with Crippen LogP contribution in [0, 0.1) is 0 Å². The molecule has 11 heteroatoms. The number of urea groups is 1. The van der Waals surface area contributed by atoms with E-state index in [-0.39, 0.29) is 18.1 Å². The van der Waals surface area contributed by atoms with E-state index < -0.39 is 23.4 Å². The smallest absolute Gasteiger partial charge is 0.325 e. The maximum absolute atomic E-state index is 12.6. The van der Waals surface area contributed by atoms with Crippen LogP contribution in [0.3, 0.4) is 0 Å². The topological polar surface area (TPSA) is 150 Å². The average Bonchev–Trinajstić information content (AvgIpc) is 3.41. The lowest BCUT2D eigenvalue weighted by atomic mass is 9.98. The van der Waals surface area contributed by atoms with Gasteiger partial charge < -0.3 is 21.4 Å². The summed E-state index contributed by atoms with van der Waals surface area (Å²) in [7, 11) is 0. The van der Waals surface area contributed by atoms with Gasteiger partial charge in [0.15, 0.2) is 5.13 Å². The van der Waals surface area contributed by atoms with Crippen molar-refractivity contribution in [2.24, 2.45) is 5.73 Å². The van der Waals surface area contributed by atoms with Crippen molar-refractivity contribution in [3.63, 3.8) is 0 Å². The monoisotopic (exact) mass is 402 g/mol. The van der Waals surface area contributed by atoms with Gasteiger partial charge in [0.2, 0.25) is 5.91 Å². The Morgan fingerprint density at radius 3 is 2.75 bits per heavy atom. The number of carbonyl (C=O) groups excluding carboxylic acids is 4. The average molecular weight is 402 g/mol. The van der Waals surface area contributed by atoms with Gasteiger partial charge in [-0.05, 0) is 18.9 Å². The minimum absolute atomic E-state index is 0.257. The van der Waals surface area contributed by atoms with Gasteiger partial charge in [-0.15, -0.1) is 11.3 Å². The highest BCUT2D eigenvalue weighted by molar-refractivity contribution is 7.14. The number of rotatable bonds is 5. The van der Waals surface area contributed by atoms with Gasteiger partial charge in [-0.2, -0.15) is 0 Å². The fourth-order valence-corrected chi connectivity index (χ4v) is 4.32. The van der Waals surface area contributed by atoms with Gasteiger partial charge >= 0.3 is 6.03 Å². The molecule has 0 radical (unpaired) electrons. The van der Waals surface area contributed by atoms with Crippen molar-refractivity contribution in [3.8, 4) is 11.3 Å². The quantitative estimate of drug-likeness (QED) is 0.551. The number of amides is 5. The van der Waals surface area contributed by atoms with Crippen LogP contribution in [0.5, 0.6) is 0 Å². The molecule has 2 aromatic heterocycles. The van der Waals surface area contributed by atoms with E-state index in [9.17, 15) is 19.2 Å². The van der Waals surface area contributed by atoms with Gasteiger partial charge in [-0.1, -0.05) is 12.8 Å². The number of nitrogens with zero attached hydrogens (tertiary/aromatic N) is 2. The number of aromatic nitrogens is 2. The Balaban J connectivity index is 1.40. The van der Waals surface area contributed by atoms with Crippen LogP contribution in [0.1, 0.15) is 36.2 Å². The van der Waals surface area contributed by atoms with E-state index in [0.717, 1.165) is 17.7 Å². The van der Waals surface area contributed by atoms with Gasteiger partial charge in [0.05, 0.1) is 5.69 Å². The molecule has 0 aromatic carbocycles. The number of primary amides is 1. The molecule has 5 amide bonds. The van der Waals surface area contributed by atoms with E-state index in [4.69, 9.17) is 5.73 Å². The van der Waals surface area contributed by atoms with Crippen LogP contribution in [-0.2, 0) is 9.59 Å². The van der Waals surface area contributed by atoms with Crippen molar-refractivity contribution in [1.82, 2.24) is 20.2 Å². The molecular weight excluding hydrogens is 384 g/mol. The SMILES string of the molecule is NC(=O)c1cc(-c2csc(NC(=O)CN3C(=O)NC4(CCCC4)C3=O)n2)c[nH]1. The summed E-state index contributed by atoms with van der Waals surface area (Å²) >= 11 is 1.19. The zero-order valence-corrected chi connectivity index (χ0v) is 15.6. The predicted molar refractivity (Wildman–Crippen MR) is 100 cm³/mol. The second-order valence-corrected chi connectivity index (χ2v) is 7.72. The highest BCUT2D eigenvalue weighted by Gasteiger charge is 2.52. The van der Waals surface area contributed by atoms with Gasteiger partial charge in [0, 0.05) is 17.1 Å². The van der Waals surface area contributed by atoms with E-state index in [2.05, 4.69) is 20.6 Å².